The van der Waals surface area contributed by atoms with E-state index < -0.39 is 11.7 Å². The molecule has 0 saturated heterocycles. The lowest BCUT2D eigenvalue weighted by molar-refractivity contribution is 0.0635. The zero-order valence-corrected chi connectivity index (χ0v) is 12.4. The lowest BCUT2D eigenvalue weighted by Gasteiger charge is -2.18. The highest BCUT2D eigenvalue weighted by molar-refractivity contribution is 5.83. The van der Waals surface area contributed by atoms with Gasteiger partial charge in [0.1, 0.15) is 5.60 Å². The molecular formula is C14H18N4O3. The average Bonchev–Trinajstić information content (AvgIpc) is 2.67. The summed E-state index contributed by atoms with van der Waals surface area (Å²) >= 11 is 0. The predicted molar refractivity (Wildman–Crippen MR) is 77.6 cm³/mol. The van der Waals surface area contributed by atoms with E-state index in [-0.39, 0.29) is 11.7 Å². The lowest BCUT2D eigenvalue weighted by atomic mass is 10.2. The maximum atomic E-state index is 11.7. The van der Waals surface area contributed by atoms with E-state index in [4.69, 9.17) is 4.74 Å². The van der Waals surface area contributed by atoms with Crippen molar-refractivity contribution in [3.05, 3.63) is 30.0 Å². The molecule has 0 aromatic carbocycles. The fraction of sp³-hybridized carbons (Fsp3) is 0.357. The molecule has 2 heterocycles. The van der Waals surface area contributed by atoms with Crippen molar-refractivity contribution in [1.29, 1.82) is 0 Å². The molecule has 0 aliphatic carbocycles. The van der Waals surface area contributed by atoms with Crippen LogP contribution in [0.3, 0.4) is 0 Å². The molecule has 0 saturated carbocycles. The summed E-state index contributed by atoms with van der Waals surface area (Å²) in [5.41, 5.74) is 0.191. The first kappa shape index (κ1) is 14.8. The summed E-state index contributed by atoms with van der Waals surface area (Å²) in [4.78, 5) is 15.9. The van der Waals surface area contributed by atoms with Gasteiger partial charge in [0.15, 0.2) is 11.6 Å². The van der Waals surface area contributed by atoms with E-state index in [1.165, 1.54) is 10.7 Å². The molecular weight excluding hydrogens is 272 g/mol. The summed E-state index contributed by atoms with van der Waals surface area (Å²) in [6.45, 7) is 7.13. The molecule has 0 fully saturated rings. The topological polar surface area (TPSA) is 89.3 Å². The number of hydrogen-bond donors (Lipinski definition) is 2. The molecule has 0 spiro atoms. The molecule has 2 aromatic rings. The first-order valence-corrected chi connectivity index (χ1v) is 6.48. The van der Waals surface area contributed by atoms with Gasteiger partial charge in [-0.3, -0.25) is 5.32 Å². The number of ether oxygens (including phenoxy) is 1. The monoisotopic (exact) mass is 290 g/mol. The van der Waals surface area contributed by atoms with Crippen molar-refractivity contribution < 1.29 is 14.6 Å². The largest absolute Gasteiger partial charge is 0.493 e. The van der Waals surface area contributed by atoms with E-state index >= 15 is 0 Å². The Kier molecular flexibility index (Phi) is 3.84. The Morgan fingerprint density at radius 1 is 1.38 bits per heavy atom. The average molecular weight is 290 g/mol. The Morgan fingerprint density at radius 3 is 2.71 bits per heavy atom. The molecule has 7 heteroatoms. The van der Waals surface area contributed by atoms with Gasteiger partial charge in [-0.15, -0.1) is 5.10 Å². The molecule has 0 bridgehead atoms. The first-order chi connectivity index (χ1) is 9.74. The predicted octanol–water partition coefficient (Wildman–Crippen LogP) is 2.63. The summed E-state index contributed by atoms with van der Waals surface area (Å²) in [7, 11) is 0. The maximum Gasteiger partial charge on any atom is 0.413 e. The molecule has 2 N–H and O–H groups in total. The number of pyridine rings is 1. The van der Waals surface area contributed by atoms with Crippen LogP contribution in [0, 0.1) is 6.92 Å². The van der Waals surface area contributed by atoms with Crippen LogP contribution in [-0.2, 0) is 4.74 Å². The number of aromatic hydroxyl groups is 1. The number of rotatable bonds is 2. The zero-order chi connectivity index (χ0) is 15.6. The van der Waals surface area contributed by atoms with E-state index in [1.807, 2.05) is 13.0 Å². The zero-order valence-electron chi connectivity index (χ0n) is 12.4. The Morgan fingerprint density at radius 2 is 2.10 bits per heavy atom. The van der Waals surface area contributed by atoms with Gasteiger partial charge in [0.2, 0.25) is 5.88 Å². The Bertz CT molecular complexity index is 658. The van der Waals surface area contributed by atoms with Crippen LogP contribution in [-0.4, -0.2) is 31.6 Å². The number of hydrogen-bond acceptors (Lipinski definition) is 5. The van der Waals surface area contributed by atoms with E-state index in [0.717, 1.165) is 5.69 Å². The third-order valence-corrected chi connectivity index (χ3v) is 2.41. The van der Waals surface area contributed by atoms with Crippen LogP contribution < -0.4 is 5.32 Å². The fourth-order valence-corrected chi connectivity index (χ4v) is 1.66. The number of nitrogens with zero attached hydrogens (tertiary/aromatic N) is 3. The van der Waals surface area contributed by atoms with Crippen molar-refractivity contribution in [3.63, 3.8) is 0 Å². The minimum atomic E-state index is -0.635. The molecule has 2 rings (SSSR count). The van der Waals surface area contributed by atoms with Gasteiger partial charge in [-0.05, 0) is 39.8 Å². The third kappa shape index (κ3) is 3.95. The van der Waals surface area contributed by atoms with Crippen molar-refractivity contribution in [1.82, 2.24) is 14.8 Å². The normalized spacial score (nSPS) is 11.2. The second-order valence-electron chi connectivity index (χ2n) is 5.56. The van der Waals surface area contributed by atoms with Gasteiger partial charge in [0, 0.05) is 11.8 Å². The number of nitrogens with one attached hydrogen (secondary N) is 1. The van der Waals surface area contributed by atoms with Crippen LogP contribution in [0.1, 0.15) is 26.5 Å². The van der Waals surface area contributed by atoms with Crippen LogP contribution in [0.4, 0.5) is 10.6 Å². The first-order valence-electron chi connectivity index (χ1n) is 6.48. The van der Waals surface area contributed by atoms with E-state index in [1.54, 1.807) is 32.9 Å². The number of amides is 1. The minimum Gasteiger partial charge on any atom is -0.493 e. The molecule has 0 unspecified atom stereocenters. The summed E-state index contributed by atoms with van der Waals surface area (Å²) in [6, 6.07) is 6.68. The third-order valence-electron chi connectivity index (χ3n) is 2.41. The summed E-state index contributed by atoms with van der Waals surface area (Å²) < 4.78 is 6.35. The highest BCUT2D eigenvalue weighted by Gasteiger charge is 2.18. The summed E-state index contributed by atoms with van der Waals surface area (Å²) in [5.74, 6) is 0.522. The highest BCUT2D eigenvalue weighted by Crippen LogP contribution is 2.20. The highest BCUT2D eigenvalue weighted by atomic mass is 16.6. The molecule has 112 valence electrons. The van der Waals surface area contributed by atoms with Crippen LogP contribution in [0.5, 0.6) is 5.88 Å². The molecule has 0 radical (unpaired) electrons. The van der Waals surface area contributed by atoms with Crippen LogP contribution in [0.25, 0.3) is 5.82 Å². The van der Waals surface area contributed by atoms with Crippen LogP contribution in [0.15, 0.2) is 24.3 Å². The van der Waals surface area contributed by atoms with Crippen molar-refractivity contribution in [2.24, 2.45) is 0 Å². The minimum absolute atomic E-state index is 0.126. The number of aromatic nitrogens is 3. The quantitative estimate of drug-likeness (QED) is 0.887. The number of aryl methyl sites for hydroxylation is 1. The van der Waals surface area contributed by atoms with Crippen molar-refractivity contribution in [2.45, 2.75) is 33.3 Å². The fourth-order valence-electron chi connectivity index (χ4n) is 1.66. The van der Waals surface area contributed by atoms with E-state index in [2.05, 4.69) is 15.4 Å². The van der Waals surface area contributed by atoms with Gasteiger partial charge >= 0.3 is 6.09 Å². The Balaban J connectivity index is 2.18. The van der Waals surface area contributed by atoms with Gasteiger partial charge in [-0.25, -0.2) is 9.78 Å². The number of carbonyl (C=O) groups excluding carboxylic acids is 1. The molecule has 1 amide bonds. The Hall–Kier alpha value is -2.57. The van der Waals surface area contributed by atoms with E-state index in [0.29, 0.717) is 5.82 Å². The molecule has 21 heavy (non-hydrogen) atoms. The number of carbonyl (C=O) groups is 1. The maximum absolute atomic E-state index is 11.7. The van der Waals surface area contributed by atoms with Gasteiger partial charge in [0.05, 0.1) is 0 Å². The molecule has 0 atom stereocenters. The lowest BCUT2D eigenvalue weighted by Crippen LogP contribution is -2.27. The second-order valence-corrected chi connectivity index (χ2v) is 5.56. The van der Waals surface area contributed by atoms with Gasteiger partial charge in [0.25, 0.3) is 0 Å². The molecule has 2 aromatic heterocycles. The SMILES string of the molecule is Cc1cccc(-n2nc(NC(=O)OC(C)(C)C)cc2O)n1. The standard InChI is InChI=1S/C14H18N4O3/c1-9-6-5-7-11(15-9)18-12(19)8-10(17-18)16-13(20)21-14(2,3)4/h5-8,19H,1-4H3,(H,16,17,20). The van der Waals surface area contributed by atoms with Crippen molar-refractivity contribution in [2.75, 3.05) is 5.32 Å². The van der Waals surface area contributed by atoms with Crippen LogP contribution in [0.2, 0.25) is 0 Å². The Labute approximate surface area is 122 Å². The number of anilines is 1. The van der Waals surface area contributed by atoms with Gasteiger partial charge in [-0.1, -0.05) is 6.07 Å². The van der Waals surface area contributed by atoms with Crippen LogP contribution >= 0.6 is 0 Å². The van der Waals surface area contributed by atoms with Crippen molar-refractivity contribution in [3.8, 4) is 11.7 Å². The van der Waals surface area contributed by atoms with Gasteiger partial charge < -0.3 is 9.84 Å². The van der Waals surface area contributed by atoms with Crippen molar-refractivity contribution >= 4 is 11.9 Å². The smallest absolute Gasteiger partial charge is 0.413 e. The summed E-state index contributed by atoms with van der Waals surface area (Å²) in [6.07, 6.45) is -0.635. The molecule has 0 aliphatic heterocycles. The molecule has 0 aliphatic rings. The second kappa shape index (κ2) is 5.43. The van der Waals surface area contributed by atoms with Gasteiger partial charge in [-0.2, -0.15) is 4.68 Å². The molecule has 7 nitrogen and oxygen atoms in total. The van der Waals surface area contributed by atoms with E-state index in [9.17, 15) is 9.90 Å². The summed E-state index contributed by atoms with van der Waals surface area (Å²) in [5, 5.41) is 16.4.